The van der Waals surface area contributed by atoms with Gasteiger partial charge in [0.2, 0.25) is 5.95 Å². The smallest absolute Gasteiger partial charge is 0.329 e. The number of aromatic amines is 1. The minimum Gasteiger partial charge on any atom is -0.508 e. The van der Waals surface area contributed by atoms with Crippen LogP contribution < -0.4 is 16.1 Å². The normalized spacial score (nSPS) is 14.2. The quantitative estimate of drug-likeness (QED) is 0.688. The van der Waals surface area contributed by atoms with Gasteiger partial charge < -0.3 is 14.6 Å². The van der Waals surface area contributed by atoms with Crippen molar-refractivity contribution in [3.63, 3.8) is 0 Å². The molecule has 0 radical (unpaired) electrons. The third-order valence-electron chi connectivity index (χ3n) is 4.13. The Morgan fingerprint density at radius 2 is 2.09 bits per heavy atom. The van der Waals surface area contributed by atoms with E-state index in [4.69, 9.17) is 0 Å². The van der Waals surface area contributed by atoms with E-state index >= 15 is 0 Å². The molecule has 0 aliphatic carbocycles. The summed E-state index contributed by atoms with van der Waals surface area (Å²) in [6.45, 7) is 1.38. The van der Waals surface area contributed by atoms with Crippen molar-refractivity contribution >= 4 is 22.8 Å². The third-order valence-corrected chi connectivity index (χ3v) is 4.13. The van der Waals surface area contributed by atoms with Gasteiger partial charge in [0.15, 0.2) is 11.2 Å². The first-order valence-corrected chi connectivity index (χ1v) is 7.32. The van der Waals surface area contributed by atoms with Crippen molar-refractivity contribution < 1.29 is 5.11 Å². The van der Waals surface area contributed by atoms with Crippen LogP contribution in [0.5, 0.6) is 5.75 Å². The first-order chi connectivity index (χ1) is 11.1. The van der Waals surface area contributed by atoms with Gasteiger partial charge in [0, 0.05) is 31.9 Å². The lowest BCUT2D eigenvalue weighted by atomic mass is 10.2. The van der Waals surface area contributed by atoms with Gasteiger partial charge in [-0.3, -0.25) is 14.3 Å². The van der Waals surface area contributed by atoms with Crippen LogP contribution in [0, 0.1) is 0 Å². The van der Waals surface area contributed by atoms with Gasteiger partial charge in [-0.25, -0.2) is 4.79 Å². The van der Waals surface area contributed by atoms with Gasteiger partial charge >= 0.3 is 5.69 Å². The number of anilines is 2. The van der Waals surface area contributed by atoms with Gasteiger partial charge in [0.1, 0.15) is 5.75 Å². The zero-order valence-corrected chi connectivity index (χ0v) is 12.5. The number of nitrogens with zero attached hydrogens (tertiary/aromatic N) is 4. The van der Waals surface area contributed by atoms with Gasteiger partial charge in [0.25, 0.3) is 5.56 Å². The van der Waals surface area contributed by atoms with Gasteiger partial charge in [-0.15, -0.1) is 0 Å². The molecule has 0 unspecified atom stereocenters. The van der Waals surface area contributed by atoms with E-state index in [9.17, 15) is 14.7 Å². The number of benzene rings is 1. The van der Waals surface area contributed by atoms with E-state index in [1.165, 1.54) is 4.57 Å². The lowest BCUT2D eigenvalue weighted by Crippen LogP contribution is -2.31. The van der Waals surface area contributed by atoms with E-state index in [1.54, 1.807) is 25.2 Å². The second kappa shape index (κ2) is 4.73. The van der Waals surface area contributed by atoms with Crippen molar-refractivity contribution in [2.75, 3.05) is 11.4 Å². The van der Waals surface area contributed by atoms with Gasteiger partial charge in [-0.1, -0.05) is 6.07 Å². The number of phenols is 1. The molecule has 0 saturated heterocycles. The van der Waals surface area contributed by atoms with Crippen LogP contribution in [-0.2, 0) is 13.6 Å². The topological polar surface area (TPSA) is 96.2 Å². The maximum Gasteiger partial charge on any atom is 0.329 e. The van der Waals surface area contributed by atoms with E-state index in [0.29, 0.717) is 23.7 Å². The number of aromatic hydroxyl groups is 1. The van der Waals surface area contributed by atoms with Crippen LogP contribution in [0.1, 0.15) is 6.42 Å². The molecule has 0 spiro atoms. The molecule has 0 fully saturated rings. The number of imidazole rings is 1. The lowest BCUT2D eigenvalue weighted by molar-refractivity contribution is 0.475. The predicted molar refractivity (Wildman–Crippen MR) is 85.3 cm³/mol. The molecule has 8 nitrogen and oxygen atoms in total. The van der Waals surface area contributed by atoms with Gasteiger partial charge in [0.05, 0.1) is 0 Å². The zero-order chi connectivity index (χ0) is 16.1. The molecule has 0 bridgehead atoms. The molecule has 23 heavy (non-hydrogen) atoms. The molecular formula is C15H15N5O3. The van der Waals surface area contributed by atoms with Crippen LogP contribution in [0.2, 0.25) is 0 Å². The summed E-state index contributed by atoms with van der Waals surface area (Å²) in [5.74, 6) is 0.768. The van der Waals surface area contributed by atoms with Crippen LogP contribution in [-0.4, -0.2) is 30.8 Å². The summed E-state index contributed by atoms with van der Waals surface area (Å²) in [6, 6.07) is 6.88. The highest BCUT2D eigenvalue weighted by atomic mass is 16.3. The molecular weight excluding hydrogens is 298 g/mol. The molecule has 1 aromatic carbocycles. The van der Waals surface area contributed by atoms with Crippen molar-refractivity contribution in [2.45, 2.75) is 13.0 Å². The van der Waals surface area contributed by atoms with Crippen molar-refractivity contribution in [3.8, 4) is 5.75 Å². The summed E-state index contributed by atoms with van der Waals surface area (Å²) in [6.07, 6.45) is 0.830. The van der Waals surface area contributed by atoms with E-state index in [1.807, 2.05) is 15.5 Å². The maximum absolute atomic E-state index is 12.2. The van der Waals surface area contributed by atoms with Crippen molar-refractivity contribution in [2.24, 2.45) is 7.05 Å². The van der Waals surface area contributed by atoms with E-state index in [-0.39, 0.29) is 5.75 Å². The highest BCUT2D eigenvalue weighted by molar-refractivity contribution is 5.77. The number of aryl methyl sites for hydroxylation is 2. The Morgan fingerprint density at radius 1 is 1.26 bits per heavy atom. The van der Waals surface area contributed by atoms with Gasteiger partial charge in [-0.05, 0) is 18.6 Å². The molecule has 2 aromatic heterocycles. The van der Waals surface area contributed by atoms with Crippen LogP contribution in [0.15, 0.2) is 33.9 Å². The SMILES string of the molecule is Cn1c(=O)[nH]c(=O)c2c1nc1n2CCCN1c1cccc(O)c1. The molecule has 1 aliphatic rings. The second-order valence-corrected chi connectivity index (χ2v) is 5.58. The largest absolute Gasteiger partial charge is 0.508 e. The zero-order valence-electron chi connectivity index (χ0n) is 12.5. The summed E-state index contributed by atoms with van der Waals surface area (Å²) in [4.78, 5) is 32.7. The van der Waals surface area contributed by atoms with Crippen molar-refractivity contribution in [3.05, 3.63) is 45.1 Å². The second-order valence-electron chi connectivity index (χ2n) is 5.58. The van der Waals surface area contributed by atoms with Crippen LogP contribution in [0.3, 0.4) is 0 Å². The molecule has 0 atom stereocenters. The molecule has 8 heteroatoms. The monoisotopic (exact) mass is 313 g/mol. The number of aromatic nitrogens is 4. The molecule has 0 saturated carbocycles. The summed E-state index contributed by atoms with van der Waals surface area (Å²) < 4.78 is 3.16. The average Bonchev–Trinajstić information content (AvgIpc) is 2.92. The first kappa shape index (κ1) is 13.6. The fraction of sp³-hybridized carbons (Fsp3) is 0.267. The maximum atomic E-state index is 12.2. The molecule has 1 aliphatic heterocycles. The summed E-state index contributed by atoms with van der Waals surface area (Å²) in [7, 11) is 1.58. The van der Waals surface area contributed by atoms with Crippen LogP contribution in [0.25, 0.3) is 11.2 Å². The Bertz CT molecular complexity index is 1030. The number of phenolic OH excluding ortho intramolecular Hbond substituents is 1. The molecule has 0 amide bonds. The minimum absolute atomic E-state index is 0.168. The number of rotatable bonds is 1. The molecule has 3 heterocycles. The molecule has 4 rings (SSSR count). The predicted octanol–water partition coefficient (Wildman–Crippen LogP) is 0.671. The van der Waals surface area contributed by atoms with E-state index in [2.05, 4.69) is 9.97 Å². The number of nitrogens with one attached hydrogen (secondary N) is 1. The lowest BCUT2D eigenvalue weighted by Gasteiger charge is -2.29. The third kappa shape index (κ3) is 1.95. The Balaban J connectivity index is 2.01. The molecule has 118 valence electrons. The number of hydrogen-bond acceptors (Lipinski definition) is 5. The Labute approximate surface area is 130 Å². The molecule has 3 aromatic rings. The number of H-pyrrole nitrogens is 1. The Morgan fingerprint density at radius 3 is 2.87 bits per heavy atom. The van der Waals surface area contributed by atoms with Gasteiger partial charge in [-0.2, -0.15) is 4.98 Å². The van der Waals surface area contributed by atoms with Crippen LogP contribution >= 0.6 is 0 Å². The van der Waals surface area contributed by atoms with Crippen molar-refractivity contribution in [1.29, 1.82) is 0 Å². The Kier molecular flexibility index (Phi) is 2.80. The standard InChI is InChI=1S/C15H15N5O3/c1-18-12-11(13(22)17-15(18)23)20-7-3-6-19(14(20)16-12)9-4-2-5-10(21)8-9/h2,4-5,8,21H,3,6-7H2,1H3,(H,17,22,23). The number of fused-ring (bicyclic) bond motifs is 3. The highest BCUT2D eigenvalue weighted by Gasteiger charge is 2.25. The van der Waals surface area contributed by atoms with E-state index in [0.717, 1.165) is 18.7 Å². The van der Waals surface area contributed by atoms with Crippen molar-refractivity contribution in [1.82, 2.24) is 19.1 Å². The summed E-state index contributed by atoms with van der Waals surface area (Å²) in [5.41, 5.74) is 0.636. The van der Waals surface area contributed by atoms with Crippen LogP contribution in [0.4, 0.5) is 11.6 Å². The summed E-state index contributed by atoms with van der Waals surface area (Å²) in [5, 5.41) is 9.70. The molecule has 2 N–H and O–H groups in total. The fourth-order valence-electron chi connectivity index (χ4n) is 3.03. The first-order valence-electron chi connectivity index (χ1n) is 7.32. The Hall–Kier alpha value is -3.03. The van der Waals surface area contributed by atoms with E-state index < -0.39 is 11.2 Å². The minimum atomic E-state index is -0.484. The average molecular weight is 313 g/mol. The highest BCUT2D eigenvalue weighted by Crippen LogP contribution is 2.32. The summed E-state index contributed by atoms with van der Waals surface area (Å²) >= 11 is 0. The fourth-order valence-corrected chi connectivity index (χ4v) is 3.03. The number of hydrogen-bond donors (Lipinski definition) is 2.